The Bertz CT molecular complexity index is 111. The van der Waals surface area contributed by atoms with Crippen molar-refractivity contribution in [2.75, 3.05) is 27.2 Å². The van der Waals surface area contributed by atoms with Crippen LogP contribution in [0.2, 0.25) is 0 Å². The average Bonchev–Trinajstić information content (AvgIpc) is 1.79. The minimum atomic E-state index is 0. The molecule has 0 bridgehead atoms. The zero-order chi connectivity index (χ0) is 7.98. The minimum absolute atomic E-state index is 0. The number of nitrogens with one attached hydrogen (secondary N) is 1. The molecule has 0 fully saturated rings. The van der Waals surface area contributed by atoms with Crippen LogP contribution in [0.25, 0.3) is 0 Å². The molecule has 0 atom stereocenters. The molecule has 6 heteroatoms. The van der Waals surface area contributed by atoms with Gasteiger partial charge in [-0.3, -0.25) is 0 Å². The lowest BCUT2D eigenvalue weighted by Crippen LogP contribution is -2.31. The lowest BCUT2D eigenvalue weighted by Gasteiger charge is -2.09. The van der Waals surface area contributed by atoms with Crippen molar-refractivity contribution in [3.8, 4) is 0 Å². The van der Waals surface area contributed by atoms with E-state index in [2.05, 4.69) is 22.4 Å². The first-order valence-electron chi connectivity index (χ1n) is 3.31. The molecule has 0 saturated carbocycles. The molecule has 0 aromatic heterocycles. The maximum atomic E-state index is 5.22. The molecule has 0 spiro atoms. The first-order chi connectivity index (χ1) is 4.63. The van der Waals surface area contributed by atoms with E-state index in [-0.39, 0.29) is 24.8 Å². The maximum Gasteiger partial charge on any atom is 0.163 e. The Balaban J connectivity index is -0.000000405. The fourth-order valence-corrected chi connectivity index (χ4v) is 0.709. The van der Waals surface area contributed by atoms with Gasteiger partial charge in [0, 0.05) is 6.54 Å². The van der Waals surface area contributed by atoms with Gasteiger partial charge in [-0.2, -0.15) is 0 Å². The van der Waals surface area contributed by atoms with E-state index in [1.54, 1.807) is 0 Å². The molecule has 0 rings (SSSR count). The normalized spacial score (nSPS) is 8.25. The summed E-state index contributed by atoms with van der Waals surface area (Å²) in [5, 5.41) is 3.27. The zero-order valence-corrected chi connectivity index (χ0v) is 9.82. The van der Waals surface area contributed by atoms with Crippen LogP contribution in [0.4, 0.5) is 0 Å². The fourth-order valence-electron chi connectivity index (χ4n) is 0.607. The third-order valence-corrected chi connectivity index (χ3v) is 1.23. The van der Waals surface area contributed by atoms with Gasteiger partial charge in [-0.15, -0.1) is 24.8 Å². The second-order valence-corrected chi connectivity index (χ2v) is 2.89. The summed E-state index contributed by atoms with van der Waals surface area (Å²) >= 11 is 4.63. The smallest absolute Gasteiger partial charge is 0.163 e. The lowest BCUT2D eigenvalue weighted by molar-refractivity contribution is 0.400. The molecule has 0 amide bonds. The van der Waals surface area contributed by atoms with E-state index in [4.69, 9.17) is 5.73 Å². The number of nitrogens with two attached hydrogens (primary N) is 1. The van der Waals surface area contributed by atoms with E-state index in [0.717, 1.165) is 19.5 Å². The lowest BCUT2D eigenvalue weighted by atomic mass is 10.4. The van der Waals surface area contributed by atoms with Gasteiger partial charge in [0.1, 0.15) is 0 Å². The highest BCUT2D eigenvalue weighted by Crippen LogP contribution is 1.79. The van der Waals surface area contributed by atoms with Crippen LogP contribution >= 0.6 is 37.0 Å². The Kier molecular flexibility index (Phi) is 16.9. The van der Waals surface area contributed by atoms with Crippen LogP contribution in [-0.4, -0.2) is 37.2 Å². The SMILES string of the molecule is CN(C)CCCNC(N)=S.Cl.Cl. The highest BCUT2D eigenvalue weighted by molar-refractivity contribution is 7.80. The van der Waals surface area contributed by atoms with Crippen molar-refractivity contribution in [2.45, 2.75) is 6.42 Å². The Morgan fingerprint density at radius 1 is 1.42 bits per heavy atom. The van der Waals surface area contributed by atoms with Crippen LogP contribution in [0.3, 0.4) is 0 Å². The number of thiocarbonyl (C=S) groups is 1. The number of nitrogens with zero attached hydrogens (tertiary/aromatic N) is 1. The summed E-state index contributed by atoms with van der Waals surface area (Å²) in [6.45, 7) is 1.93. The third-order valence-electron chi connectivity index (χ3n) is 1.08. The van der Waals surface area contributed by atoms with Crippen molar-refractivity contribution in [1.29, 1.82) is 0 Å². The summed E-state index contributed by atoms with van der Waals surface area (Å²) in [6.07, 6.45) is 1.07. The summed E-state index contributed by atoms with van der Waals surface area (Å²) in [4.78, 5) is 2.13. The van der Waals surface area contributed by atoms with Gasteiger partial charge in [0.15, 0.2) is 5.11 Å². The monoisotopic (exact) mass is 233 g/mol. The molecule has 3 N–H and O–H groups in total. The van der Waals surface area contributed by atoms with E-state index in [1.165, 1.54) is 0 Å². The molecular formula is C6H17Cl2N3S. The van der Waals surface area contributed by atoms with Crippen LogP contribution in [0.15, 0.2) is 0 Å². The van der Waals surface area contributed by atoms with Crippen LogP contribution in [0, 0.1) is 0 Å². The van der Waals surface area contributed by atoms with Crippen LogP contribution in [0.5, 0.6) is 0 Å². The Labute approximate surface area is 91.9 Å². The highest BCUT2D eigenvalue weighted by atomic mass is 35.5. The summed E-state index contributed by atoms with van der Waals surface area (Å²) in [5.74, 6) is 0. The fraction of sp³-hybridized carbons (Fsp3) is 0.833. The van der Waals surface area contributed by atoms with E-state index in [9.17, 15) is 0 Å². The predicted molar refractivity (Wildman–Crippen MR) is 62.5 cm³/mol. The summed E-state index contributed by atoms with van der Waals surface area (Å²) < 4.78 is 0. The molecule has 12 heavy (non-hydrogen) atoms. The molecule has 0 aromatic carbocycles. The molecule has 0 aliphatic heterocycles. The van der Waals surface area contributed by atoms with Crippen LogP contribution in [0.1, 0.15) is 6.42 Å². The number of halogens is 2. The Morgan fingerprint density at radius 3 is 2.25 bits per heavy atom. The predicted octanol–water partition coefficient (Wildman–Crippen LogP) is 0.615. The summed E-state index contributed by atoms with van der Waals surface area (Å²) in [6, 6.07) is 0. The summed E-state index contributed by atoms with van der Waals surface area (Å²) in [7, 11) is 4.08. The molecule has 0 radical (unpaired) electrons. The topological polar surface area (TPSA) is 41.3 Å². The second-order valence-electron chi connectivity index (χ2n) is 2.45. The van der Waals surface area contributed by atoms with Crippen molar-refractivity contribution in [3.05, 3.63) is 0 Å². The molecule has 0 aliphatic carbocycles. The Morgan fingerprint density at radius 2 is 1.92 bits per heavy atom. The van der Waals surface area contributed by atoms with Gasteiger partial charge in [-0.25, -0.2) is 0 Å². The van der Waals surface area contributed by atoms with Gasteiger partial charge in [-0.1, -0.05) is 0 Å². The van der Waals surface area contributed by atoms with Gasteiger partial charge >= 0.3 is 0 Å². The Hall–Kier alpha value is 0.230. The van der Waals surface area contributed by atoms with Crippen molar-refractivity contribution in [1.82, 2.24) is 10.2 Å². The maximum absolute atomic E-state index is 5.22. The standard InChI is InChI=1S/C6H15N3S.2ClH/c1-9(2)5-3-4-8-6(7)10;;/h3-5H2,1-2H3,(H3,7,8,10);2*1H. The molecule has 3 nitrogen and oxygen atoms in total. The number of rotatable bonds is 4. The third kappa shape index (κ3) is 16.7. The molecule has 76 valence electrons. The van der Waals surface area contributed by atoms with Gasteiger partial charge in [0.25, 0.3) is 0 Å². The first-order valence-corrected chi connectivity index (χ1v) is 3.72. The largest absolute Gasteiger partial charge is 0.376 e. The van der Waals surface area contributed by atoms with E-state index >= 15 is 0 Å². The quantitative estimate of drug-likeness (QED) is 0.552. The van der Waals surface area contributed by atoms with Gasteiger partial charge in [-0.05, 0) is 39.3 Å². The zero-order valence-electron chi connectivity index (χ0n) is 7.37. The van der Waals surface area contributed by atoms with Crippen LogP contribution in [-0.2, 0) is 0 Å². The van der Waals surface area contributed by atoms with Gasteiger partial charge in [0.2, 0.25) is 0 Å². The molecule has 0 heterocycles. The van der Waals surface area contributed by atoms with Crippen molar-refractivity contribution >= 4 is 42.1 Å². The van der Waals surface area contributed by atoms with E-state index < -0.39 is 0 Å². The molecule has 0 unspecified atom stereocenters. The first kappa shape index (κ1) is 18.1. The molecule has 0 saturated heterocycles. The van der Waals surface area contributed by atoms with Crippen molar-refractivity contribution < 1.29 is 0 Å². The second kappa shape index (κ2) is 11.2. The van der Waals surface area contributed by atoms with Crippen molar-refractivity contribution in [2.24, 2.45) is 5.73 Å². The van der Waals surface area contributed by atoms with Gasteiger partial charge in [0.05, 0.1) is 0 Å². The highest BCUT2D eigenvalue weighted by Gasteiger charge is 1.89. The van der Waals surface area contributed by atoms with Gasteiger partial charge < -0.3 is 16.0 Å². The van der Waals surface area contributed by atoms with Crippen molar-refractivity contribution in [3.63, 3.8) is 0 Å². The van der Waals surface area contributed by atoms with E-state index in [0.29, 0.717) is 5.11 Å². The van der Waals surface area contributed by atoms with Crippen LogP contribution < -0.4 is 11.1 Å². The molecule has 0 aromatic rings. The summed E-state index contributed by atoms with van der Waals surface area (Å²) in [5.41, 5.74) is 5.22. The molecular weight excluding hydrogens is 217 g/mol. The average molecular weight is 234 g/mol. The minimum Gasteiger partial charge on any atom is -0.376 e. The number of hydrogen-bond donors (Lipinski definition) is 2. The number of hydrogen-bond acceptors (Lipinski definition) is 2. The van der Waals surface area contributed by atoms with E-state index in [1.807, 2.05) is 14.1 Å². The molecule has 0 aliphatic rings.